The van der Waals surface area contributed by atoms with Gasteiger partial charge in [-0.1, -0.05) is 133 Å². The SMILES string of the molecule is c1ccc(-c2ccc(-n3c4ccccc4c4c5c6ccccc6n(-c6nc(-c7ccccc7)nc(-c7ccc8c(c7)oc7ccccc78)n6)c5ccc43)cc2)cc1. The van der Waals surface area contributed by atoms with Gasteiger partial charge in [0, 0.05) is 49.1 Å². The highest BCUT2D eigenvalue weighted by molar-refractivity contribution is 6.28. The van der Waals surface area contributed by atoms with Gasteiger partial charge in [-0.2, -0.15) is 9.97 Å². The highest BCUT2D eigenvalue weighted by atomic mass is 16.3. The first-order valence-corrected chi connectivity index (χ1v) is 19.1. The quantitative estimate of drug-likeness (QED) is 0.177. The van der Waals surface area contributed by atoms with Gasteiger partial charge in [-0.25, -0.2) is 4.98 Å². The van der Waals surface area contributed by atoms with Crippen molar-refractivity contribution in [3.8, 4) is 45.5 Å². The van der Waals surface area contributed by atoms with Crippen molar-refractivity contribution in [3.63, 3.8) is 0 Å². The average molecular weight is 730 g/mol. The van der Waals surface area contributed by atoms with E-state index < -0.39 is 0 Å². The number of benzene rings is 8. The highest BCUT2D eigenvalue weighted by Crippen LogP contribution is 2.42. The molecule has 0 saturated heterocycles. The zero-order valence-corrected chi connectivity index (χ0v) is 30.5. The molecular weight excluding hydrogens is 699 g/mol. The molecule has 6 nitrogen and oxygen atoms in total. The van der Waals surface area contributed by atoms with Gasteiger partial charge in [0.05, 0.1) is 22.1 Å². The van der Waals surface area contributed by atoms with Crippen LogP contribution in [0.2, 0.25) is 0 Å². The van der Waals surface area contributed by atoms with Crippen molar-refractivity contribution in [2.45, 2.75) is 0 Å². The lowest BCUT2D eigenvalue weighted by Crippen LogP contribution is -2.06. The van der Waals surface area contributed by atoms with Gasteiger partial charge in [-0.3, -0.25) is 4.57 Å². The standard InChI is InChI=1S/C51H31N5O/c1-3-13-32(14-4-1)33-23-26-36(27-24-33)55-41-20-10-7-18-39(41)47-43(55)29-30-44-48(47)40-19-8-11-21-42(40)56(44)51-53-49(34-15-5-2-6-16-34)52-50(54-51)35-25-28-38-37-17-9-12-22-45(37)57-46(38)31-35/h1-31H. The van der Waals surface area contributed by atoms with Crippen LogP contribution in [-0.4, -0.2) is 24.1 Å². The molecule has 0 aliphatic heterocycles. The Balaban J connectivity index is 1.11. The molecule has 12 rings (SSSR count). The van der Waals surface area contributed by atoms with Crippen LogP contribution >= 0.6 is 0 Å². The van der Waals surface area contributed by atoms with E-state index >= 15 is 0 Å². The van der Waals surface area contributed by atoms with Crippen LogP contribution in [0.25, 0.3) is 111 Å². The third-order valence-corrected chi connectivity index (χ3v) is 11.2. The Morgan fingerprint density at radius 3 is 1.54 bits per heavy atom. The van der Waals surface area contributed by atoms with Gasteiger partial charge in [0.25, 0.3) is 0 Å². The second-order valence-electron chi connectivity index (χ2n) is 14.4. The average Bonchev–Trinajstić information content (AvgIpc) is 3.94. The molecule has 4 aromatic heterocycles. The summed E-state index contributed by atoms with van der Waals surface area (Å²) in [6.45, 7) is 0. The summed E-state index contributed by atoms with van der Waals surface area (Å²) in [5.41, 5.74) is 11.3. The lowest BCUT2D eigenvalue weighted by atomic mass is 10.1. The Kier molecular flexibility index (Phi) is 6.83. The third-order valence-electron chi connectivity index (χ3n) is 11.2. The first-order chi connectivity index (χ1) is 28.3. The molecular formula is C51H31N5O. The smallest absolute Gasteiger partial charge is 0.238 e. The molecule has 0 saturated carbocycles. The summed E-state index contributed by atoms with van der Waals surface area (Å²) in [5, 5.41) is 6.82. The fourth-order valence-corrected chi connectivity index (χ4v) is 8.62. The van der Waals surface area contributed by atoms with E-state index in [0.717, 1.165) is 71.6 Å². The number of aromatic nitrogens is 5. The predicted octanol–water partition coefficient (Wildman–Crippen LogP) is 13.0. The Hall–Kier alpha value is -7.83. The van der Waals surface area contributed by atoms with E-state index in [1.807, 2.05) is 54.6 Å². The lowest BCUT2D eigenvalue weighted by Gasteiger charge is -2.11. The molecule has 0 aliphatic rings. The maximum Gasteiger partial charge on any atom is 0.238 e. The van der Waals surface area contributed by atoms with Crippen LogP contribution < -0.4 is 0 Å². The van der Waals surface area contributed by atoms with Gasteiger partial charge < -0.3 is 8.98 Å². The van der Waals surface area contributed by atoms with Gasteiger partial charge in [-0.15, -0.1) is 0 Å². The van der Waals surface area contributed by atoms with E-state index in [4.69, 9.17) is 19.4 Å². The first-order valence-electron chi connectivity index (χ1n) is 19.1. The summed E-state index contributed by atoms with van der Waals surface area (Å²) in [4.78, 5) is 15.5. The van der Waals surface area contributed by atoms with Crippen molar-refractivity contribution in [3.05, 3.63) is 188 Å². The summed E-state index contributed by atoms with van der Waals surface area (Å²) in [5.74, 6) is 1.72. The van der Waals surface area contributed by atoms with Crippen molar-refractivity contribution in [2.75, 3.05) is 0 Å². The van der Waals surface area contributed by atoms with E-state index in [-0.39, 0.29) is 0 Å². The summed E-state index contributed by atoms with van der Waals surface area (Å²) < 4.78 is 10.9. The molecule has 0 fully saturated rings. The van der Waals surface area contributed by atoms with Crippen LogP contribution in [0.4, 0.5) is 0 Å². The lowest BCUT2D eigenvalue weighted by molar-refractivity contribution is 0.669. The largest absolute Gasteiger partial charge is 0.456 e. The molecule has 4 heterocycles. The third kappa shape index (κ3) is 4.87. The maximum atomic E-state index is 6.30. The number of rotatable bonds is 5. The number of hydrogen-bond donors (Lipinski definition) is 0. The topological polar surface area (TPSA) is 61.7 Å². The zero-order valence-electron chi connectivity index (χ0n) is 30.5. The molecule has 266 valence electrons. The summed E-state index contributed by atoms with van der Waals surface area (Å²) >= 11 is 0. The number of nitrogens with zero attached hydrogens (tertiary/aromatic N) is 5. The number of para-hydroxylation sites is 3. The first kappa shape index (κ1) is 31.5. The molecule has 0 spiro atoms. The second-order valence-corrected chi connectivity index (χ2v) is 14.4. The fraction of sp³-hybridized carbons (Fsp3) is 0. The molecule has 0 aliphatic carbocycles. The molecule has 57 heavy (non-hydrogen) atoms. The van der Waals surface area contributed by atoms with Crippen molar-refractivity contribution in [2.24, 2.45) is 0 Å². The van der Waals surface area contributed by atoms with Gasteiger partial charge in [0.1, 0.15) is 11.2 Å². The Bertz CT molecular complexity index is 3510. The van der Waals surface area contributed by atoms with Crippen LogP contribution in [0.5, 0.6) is 0 Å². The molecule has 0 amide bonds. The van der Waals surface area contributed by atoms with E-state index in [1.165, 1.54) is 21.9 Å². The molecule has 8 aromatic carbocycles. The Labute approximate surface area is 326 Å². The molecule has 0 atom stereocenters. The normalized spacial score (nSPS) is 11.9. The minimum absolute atomic E-state index is 0.550. The van der Waals surface area contributed by atoms with Gasteiger partial charge in [0.2, 0.25) is 5.95 Å². The van der Waals surface area contributed by atoms with Crippen LogP contribution in [-0.2, 0) is 0 Å². The van der Waals surface area contributed by atoms with E-state index in [9.17, 15) is 0 Å². The van der Waals surface area contributed by atoms with Crippen LogP contribution in [0.3, 0.4) is 0 Å². The van der Waals surface area contributed by atoms with Crippen LogP contribution in [0.1, 0.15) is 0 Å². The summed E-state index contributed by atoms with van der Waals surface area (Å²) in [6.07, 6.45) is 0. The monoisotopic (exact) mass is 729 g/mol. The van der Waals surface area contributed by atoms with Gasteiger partial charge >= 0.3 is 0 Å². The van der Waals surface area contributed by atoms with Crippen molar-refractivity contribution in [1.82, 2.24) is 24.1 Å². The molecule has 12 aromatic rings. The molecule has 0 N–H and O–H groups in total. The minimum atomic E-state index is 0.550. The minimum Gasteiger partial charge on any atom is -0.456 e. The predicted molar refractivity (Wildman–Crippen MR) is 232 cm³/mol. The van der Waals surface area contributed by atoms with Crippen LogP contribution in [0, 0.1) is 0 Å². The van der Waals surface area contributed by atoms with Crippen molar-refractivity contribution >= 4 is 65.6 Å². The van der Waals surface area contributed by atoms with Gasteiger partial charge in [0.15, 0.2) is 11.6 Å². The summed E-state index contributed by atoms with van der Waals surface area (Å²) in [6, 6.07) is 65.6. The number of furan rings is 1. The van der Waals surface area contributed by atoms with E-state index in [0.29, 0.717) is 17.6 Å². The Morgan fingerprint density at radius 2 is 0.842 bits per heavy atom. The molecule has 6 heteroatoms. The summed E-state index contributed by atoms with van der Waals surface area (Å²) in [7, 11) is 0. The van der Waals surface area contributed by atoms with E-state index in [2.05, 4.69) is 143 Å². The second kappa shape index (κ2) is 12.3. The maximum absolute atomic E-state index is 6.30. The molecule has 0 radical (unpaired) electrons. The van der Waals surface area contributed by atoms with E-state index in [1.54, 1.807) is 0 Å². The van der Waals surface area contributed by atoms with Crippen LogP contribution in [0.15, 0.2) is 192 Å². The highest BCUT2D eigenvalue weighted by Gasteiger charge is 2.23. The number of fused-ring (bicyclic) bond motifs is 10. The molecule has 0 unspecified atom stereocenters. The number of hydrogen-bond acceptors (Lipinski definition) is 4. The molecule has 0 bridgehead atoms. The van der Waals surface area contributed by atoms with Crippen molar-refractivity contribution in [1.29, 1.82) is 0 Å². The van der Waals surface area contributed by atoms with Gasteiger partial charge in [-0.05, 0) is 65.7 Å². The fourth-order valence-electron chi connectivity index (χ4n) is 8.62. The van der Waals surface area contributed by atoms with Crippen molar-refractivity contribution < 1.29 is 4.42 Å². The Morgan fingerprint density at radius 1 is 0.333 bits per heavy atom. The zero-order chi connectivity index (χ0) is 37.5.